The number of urea groups is 1. The van der Waals surface area contributed by atoms with E-state index in [1.807, 2.05) is 11.8 Å². The van der Waals surface area contributed by atoms with Gasteiger partial charge in [-0.15, -0.1) is 11.3 Å². The SMILES string of the molecule is CCNC(=O)N1CCc2c(sc3ncnc(N4CCN(C)CC4)c23)C1. The molecule has 4 rings (SSSR count). The summed E-state index contributed by atoms with van der Waals surface area (Å²) in [4.78, 5) is 30.2. The number of hydrogen-bond acceptors (Lipinski definition) is 6. The summed E-state index contributed by atoms with van der Waals surface area (Å²) in [5, 5.41) is 4.11. The first-order valence-electron chi connectivity index (χ1n) is 8.89. The minimum Gasteiger partial charge on any atom is -0.353 e. The topological polar surface area (TPSA) is 64.6 Å². The van der Waals surface area contributed by atoms with Crippen molar-refractivity contribution < 1.29 is 4.79 Å². The molecule has 0 bridgehead atoms. The highest BCUT2D eigenvalue weighted by molar-refractivity contribution is 7.19. The van der Waals surface area contributed by atoms with Crippen LogP contribution in [-0.4, -0.2) is 72.1 Å². The molecule has 8 heteroatoms. The Labute approximate surface area is 151 Å². The minimum atomic E-state index is 0.0241. The van der Waals surface area contributed by atoms with Crippen molar-refractivity contribution in [2.45, 2.75) is 19.9 Å². The van der Waals surface area contributed by atoms with Gasteiger partial charge in [-0.05, 0) is 26.0 Å². The number of hydrogen-bond donors (Lipinski definition) is 1. The first kappa shape index (κ1) is 16.5. The predicted octanol–water partition coefficient (Wildman–Crippen LogP) is 1.53. The smallest absolute Gasteiger partial charge is 0.317 e. The highest BCUT2D eigenvalue weighted by Crippen LogP contribution is 2.38. The van der Waals surface area contributed by atoms with Crippen LogP contribution in [0.3, 0.4) is 0 Å². The molecule has 0 saturated carbocycles. The molecule has 0 radical (unpaired) electrons. The number of amides is 2. The molecule has 2 aromatic heterocycles. The van der Waals surface area contributed by atoms with E-state index < -0.39 is 0 Å². The fraction of sp³-hybridized carbons (Fsp3) is 0.588. The van der Waals surface area contributed by atoms with Crippen LogP contribution >= 0.6 is 11.3 Å². The lowest BCUT2D eigenvalue weighted by atomic mass is 10.0. The summed E-state index contributed by atoms with van der Waals surface area (Å²) < 4.78 is 0. The van der Waals surface area contributed by atoms with Gasteiger partial charge in [0, 0.05) is 44.1 Å². The van der Waals surface area contributed by atoms with Gasteiger partial charge in [-0.2, -0.15) is 0 Å². The van der Waals surface area contributed by atoms with Crippen LogP contribution in [0, 0.1) is 0 Å². The Bertz CT molecular complexity index is 783. The number of aromatic nitrogens is 2. The molecule has 0 spiro atoms. The molecule has 0 aromatic carbocycles. The van der Waals surface area contributed by atoms with E-state index in [4.69, 9.17) is 0 Å². The van der Waals surface area contributed by atoms with Crippen LogP contribution < -0.4 is 10.2 Å². The van der Waals surface area contributed by atoms with Crippen LogP contribution in [-0.2, 0) is 13.0 Å². The van der Waals surface area contributed by atoms with E-state index >= 15 is 0 Å². The molecular weight excluding hydrogens is 336 g/mol. The quantitative estimate of drug-likeness (QED) is 0.880. The summed E-state index contributed by atoms with van der Waals surface area (Å²) in [6, 6.07) is 0.0241. The van der Waals surface area contributed by atoms with E-state index in [0.717, 1.165) is 49.8 Å². The maximum absolute atomic E-state index is 12.1. The number of nitrogens with zero attached hydrogens (tertiary/aromatic N) is 5. The van der Waals surface area contributed by atoms with Crippen molar-refractivity contribution in [3.05, 3.63) is 16.8 Å². The van der Waals surface area contributed by atoms with Gasteiger partial charge >= 0.3 is 6.03 Å². The Morgan fingerprint density at radius 3 is 2.80 bits per heavy atom. The third-order valence-corrected chi connectivity index (χ3v) is 6.16. The Balaban J connectivity index is 1.66. The monoisotopic (exact) mass is 360 g/mol. The molecule has 134 valence electrons. The second-order valence-corrected chi connectivity index (χ2v) is 7.76. The van der Waals surface area contributed by atoms with E-state index in [-0.39, 0.29) is 6.03 Å². The van der Waals surface area contributed by atoms with Crippen molar-refractivity contribution in [2.75, 3.05) is 51.2 Å². The molecule has 25 heavy (non-hydrogen) atoms. The van der Waals surface area contributed by atoms with Gasteiger partial charge in [-0.3, -0.25) is 0 Å². The number of fused-ring (bicyclic) bond motifs is 3. The molecule has 2 aliphatic rings. The van der Waals surface area contributed by atoms with Crippen LogP contribution in [0.25, 0.3) is 10.2 Å². The zero-order valence-corrected chi connectivity index (χ0v) is 15.6. The summed E-state index contributed by atoms with van der Waals surface area (Å²) in [5.41, 5.74) is 1.34. The lowest BCUT2D eigenvalue weighted by Crippen LogP contribution is -2.45. The van der Waals surface area contributed by atoms with Crippen molar-refractivity contribution in [1.29, 1.82) is 0 Å². The van der Waals surface area contributed by atoms with E-state index in [0.29, 0.717) is 13.1 Å². The number of carbonyl (C=O) groups is 1. The molecule has 1 fully saturated rings. The summed E-state index contributed by atoms with van der Waals surface area (Å²) in [5.74, 6) is 1.07. The Morgan fingerprint density at radius 2 is 2.04 bits per heavy atom. The van der Waals surface area contributed by atoms with Gasteiger partial charge in [0.25, 0.3) is 0 Å². The predicted molar refractivity (Wildman–Crippen MR) is 100 cm³/mol. The van der Waals surface area contributed by atoms with Crippen molar-refractivity contribution in [1.82, 2.24) is 25.1 Å². The molecule has 1 N–H and O–H groups in total. The summed E-state index contributed by atoms with van der Waals surface area (Å²) in [7, 11) is 2.16. The molecule has 2 amide bonds. The normalized spacial score (nSPS) is 18.5. The highest BCUT2D eigenvalue weighted by Gasteiger charge is 2.28. The Hall–Kier alpha value is -1.93. The summed E-state index contributed by atoms with van der Waals surface area (Å²) in [6.45, 7) is 8.15. The largest absolute Gasteiger partial charge is 0.353 e. The first-order valence-corrected chi connectivity index (χ1v) is 9.70. The number of likely N-dealkylation sites (N-methyl/N-ethyl adjacent to an activating group) is 1. The zero-order valence-electron chi connectivity index (χ0n) is 14.8. The Morgan fingerprint density at radius 1 is 1.24 bits per heavy atom. The molecule has 2 aromatic rings. The molecule has 0 aliphatic carbocycles. The third-order valence-electron chi connectivity index (χ3n) is 5.03. The maximum Gasteiger partial charge on any atom is 0.317 e. The van der Waals surface area contributed by atoms with Gasteiger partial charge in [0.2, 0.25) is 0 Å². The number of anilines is 1. The standard InChI is InChI=1S/C17H24N6OS/c1-3-18-17(24)23-5-4-12-13(10-23)25-16-14(12)15(19-11-20-16)22-8-6-21(2)7-9-22/h11H,3-10H2,1-2H3,(H,18,24). The first-order chi connectivity index (χ1) is 12.2. The Kier molecular flexibility index (Phi) is 4.47. The van der Waals surface area contributed by atoms with E-state index in [1.54, 1.807) is 17.7 Å². The van der Waals surface area contributed by atoms with Crippen LogP contribution in [0.2, 0.25) is 0 Å². The van der Waals surface area contributed by atoms with E-state index in [9.17, 15) is 4.79 Å². The van der Waals surface area contributed by atoms with E-state index in [2.05, 4.69) is 32.1 Å². The van der Waals surface area contributed by atoms with Gasteiger partial charge in [0.15, 0.2) is 0 Å². The minimum absolute atomic E-state index is 0.0241. The number of nitrogens with one attached hydrogen (secondary N) is 1. The molecular formula is C17H24N6OS. The average molecular weight is 360 g/mol. The fourth-order valence-corrected chi connectivity index (χ4v) is 4.80. The molecule has 2 aliphatic heterocycles. The number of rotatable bonds is 2. The maximum atomic E-state index is 12.1. The molecule has 0 atom stereocenters. The van der Waals surface area contributed by atoms with Crippen LogP contribution in [0.1, 0.15) is 17.4 Å². The second kappa shape index (κ2) is 6.76. The third kappa shape index (κ3) is 3.04. The molecule has 0 unspecified atom stereocenters. The van der Waals surface area contributed by atoms with Gasteiger partial charge < -0.3 is 20.0 Å². The highest BCUT2D eigenvalue weighted by atomic mass is 32.1. The van der Waals surface area contributed by atoms with Crippen LogP contribution in [0.15, 0.2) is 6.33 Å². The fourth-order valence-electron chi connectivity index (χ4n) is 3.61. The second-order valence-electron chi connectivity index (χ2n) is 6.68. The van der Waals surface area contributed by atoms with Gasteiger partial charge in [-0.25, -0.2) is 14.8 Å². The van der Waals surface area contributed by atoms with E-state index in [1.165, 1.54) is 15.8 Å². The zero-order chi connectivity index (χ0) is 17.4. The molecule has 7 nitrogen and oxygen atoms in total. The average Bonchev–Trinajstić information content (AvgIpc) is 3.00. The lowest BCUT2D eigenvalue weighted by Gasteiger charge is -2.34. The van der Waals surface area contributed by atoms with Gasteiger partial charge in [-0.1, -0.05) is 0 Å². The summed E-state index contributed by atoms with van der Waals surface area (Å²) >= 11 is 1.71. The van der Waals surface area contributed by atoms with Crippen molar-refractivity contribution in [3.8, 4) is 0 Å². The number of carbonyl (C=O) groups excluding carboxylic acids is 1. The molecule has 1 saturated heterocycles. The van der Waals surface area contributed by atoms with Gasteiger partial charge in [0.1, 0.15) is 17.0 Å². The van der Waals surface area contributed by atoms with Crippen LogP contribution in [0.5, 0.6) is 0 Å². The number of piperazine rings is 1. The summed E-state index contributed by atoms with van der Waals surface area (Å²) in [6.07, 6.45) is 2.56. The van der Waals surface area contributed by atoms with Gasteiger partial charge in [0.05, 0.1) is 11.9 Å². The lowest BCUT2D eigenvalue weighted by molar-refractivity contribution is 0.194. The number of thiophene rings is 1. The van der Waals surface area contributed by atoms with Crippen molar-refractivity contribution in [2.24, 2.45) is 0 Å². The van der Waals surface area contributed by atoms with Crippen molar-refractivity contribution >= 4 is 33.4 Å². The molecule has 4 heterocycles. The van der Waals surface area contributed by atoms with Crippen molar-refractivity contribution in [3.63, 3.8) is 0 Å². The van der Waals surface area contributed by atoms with Crippen LogP contribution in [0.4, 0.5) is 10.6 Å².